The van der Waals surface area contributed by atoms with E-state index in [1.807, 2.05) is 4.57 Å². The molecule has 31 heavy (non-hydrogen) atoms. The van der Waals surface area contributed by atoms with Crippen molar-refractivity contribution in [2.45, 2.75) is 108 Å². The molecule has 2 atom stereocenters. The Morgan fingerprint density at radius 2 is 1.74 bits per heavy atom. The number of carbonyl (C=O) groups is 1. The van der Waals surface area contributed by atoms with E-state index in [0.717, 1.165) is 53.9 Å². The molecule has 1 aliphatic heterocycles. The van der Waals surface area contributed by atoms with Crippen LogP contribution >= 0.6 is 23.1 Å². The van der Waals surface area contributed by atoms with Gasteiger partial charge in [0.15, 0.2) is 5.16 Å². The number of likely N-dealkylation sites (tertiary alicyclic amines) is 1. The first-order valence-electron chi connectivity index (χ1n) is 12.1. The van der Waals surface area contributed by atoms with Crippen LogP contribution in [0, 0.1) is 0 Å². The number of carbonyl (C=O) groups excluding carboxylic acids is 1. The summed E-state index contributed by atoms with van der Waals surface area (Å²) >= 11 is 3.19. The fraction of sp³-hybridized carbons (Fsp3) is 0.708. The molecule has 168 valence electrons. The lowest BCUT2D eigenvalue weighted by atomic mass is 9.97. The summed E-state index contributed by atoms with van der Waals surface area (Å²) in [6.45, 7) is 4.32. The fourth-order valence-corrected chi connectivity index (χ4v) is 8.14. The first kappa shape index (κ1) is 21.5. The molecule has 1 amide bonds. The second-order valence-electron chi connectivity index (χ2n) is 9.62. The predicted molar refractivity (Wildman–Crippen MR) is 128 cm³/mol. The zero-order valence-electron chi connectivity index (χ0n) is 18.7. The molecule has 2 aromatic rings. The van der Waals surface area contributed by atoms with Crippen molar-refractivity contribution in [2.75, 3.05) is 5.75 Å². The molecule has 2 aliphatic carbocycles. The smallest absolute Gasteiger partial charge is 0.263 e. The van der Waals surface area contributed by atoms with Crippen molar-refractivity contribution in [3.05, 3.63) is 20.8 Å². The van der Waals surface area contributed by atoms with Gasteiger partial charge >= 0.3 is 0 Å². The minimum absolute atomic E-state index is 0.144. The van der Waals surface area contributed by atoms with Crippen molar-refractivity contribution < 1.29 is 4.79 Å². The number of hydrogen-bond acceptors (Lipinski definition) is 5. The van der Waals surface area contributed by atoms with Crippen LogP contribution in [0.4, 0.5) is 0 Å². The SMILES string of the molecule is CC1CCCC(C)N1C(=O)CSc1nc2sc3c(c2c(=O)n1C1CCCC1)CCCC3. The van der Waals surface area contributed by atoms with Gasteiger partial charge in [0.25, 0.3) is 5.56 Å². The summed E-state index contributed by atoms with van der Waals surface area (Å²) < 4.78 is 1.97. The lowest BCUT2D eigenvalue weighted by Crippen LogP contribution is -2.48. The van der Waals surface area contributed by atoms with Gasteiger partial charge in [0.05, 0.1) is 11.1 Å². The maximum absolute atomic E-state index is 13.7. The highest BCUT2D eigenvalue weighted by atomic mass is 32.2. The topological polar surface area (TPSA) is 55.2 Å². The van der Waals surface area contributed by atoms with E-state index in [4.69, 9.17) is 4.98 Å². The average molecular weight is 460 g/mol. The molecule has 2 fully saturated rings. The second-order valence-corrected chi connectivity index (χ2v) is 11.6. The highest BCUT2D eigenvalue weighted by Crippen LogP contribution is 2.37. The first-order valence-corrected chi connectivity index (χ1v) is 13.9. The molecule has 1 saturated heterocycles. The van der Waals surface area contributed by atoms with Gasteiger partial charge < -0.3 is 4.90 Å². The quantitative estimate of drug-likeness (QED) is 0.458. The van der Waals surface area contributed by atoms with Gasteiger partial charge in [-0.2, -0.15) is 0 Å². The third-order valence-corrected chi connectivity index (χ3v) is 9.61. The minimum atomic E-state index is 0.144. The predicted octanol–water partition coefficient (Wildman–Crippen LogP) is 5.33. The number of rotatable bonds is 4. The largest absolute Gasteiger partial charge is 0.337 e. The Bertz CT molecular complexity index is 1030. The van der Waals surface area contributed by atoms with Crippen LogP contribution < -0.4 is 5.56 Å². The van der Waals surface area contributed by atoms with E-state index in [0.29, 0.717) is 17.8 Å². The number of piperidine rings is 1. The van der Waals surface area contributed by atoms with E-state index in [1.54, 1.807) is 11.3 Å². The van der Waals surface area contributed by atoms with Crippen molar-refractivity contribution in [2.24, 2.45) is 0 Å². The zero-order valence-corrected chi connectivity index (χ0v) is 20.3. The molecule has 0 aromatic carbocycles. The Morgan fingerprint density at radius 1 is 1.03 bits per heavy atom. The van der Waals surface area contributed by atoms with Crippen molar-refractivity contribution in [1.82, 2.24) is 14.5 Å². The van der Waals surface area contributed by atoms with Crippen molar-refractivity contribution in [3.63, 3.8) is 0 Å². The summed E-state index contributed by atoms with van der Waals surface area (Å²) in [6, 6.07) is 0.829. The van der Waals surface area contributed by atoms with Crippen LogP contribution in [0.1, 0.15) is 88.1 Å². The second kappa shape index (κ2) is 8.89. The van der Waals surface area contributed by atoms with Crippen LogP contribution in [-0.4, -0.2) is 38.2 Å². The van der Waals surface area contributed by atoms with Gasteiger partial charge in [-0.3, -0.25) is 14.2 Å². The lowest BCUT2D eigenvalue weighted by molar-refractivity contribution is -0.134. The van der Waals surface area contributed by atoms with Gasteiger partial charge in [-0.1, -0.05) is 24.6 Å². The zero-order chi connectivity index (χ0) is 21.5. The Labute approximate surface area is 192 Å². The molecule has 0 spiro atoms. The summed E-state index contributed by atoms with van der Waals surface area (Å²) in [5, 5.41) is 1.63. The number of thiophene rings is 1. The van der Waals surface area contributed by atoms with Crippen molar-refractivity contribution in [1.29, 1.82) is 0 Å². The van der Waals surface area contributed by atoms with Gasteiger partial charge in [0.2, 0.25) is 5.91 Å². The Balaban J connectivity index is 1.49. The molecule has 5 rings (SSSR count). The molecule has 0 N–H and O–H groups in total. The molecule has 2 aromatic heterocycles. The van der Waals surface area contributed by atoms with E-state index in [2.05, 4.69) is 18.7 Å². The molecular formula is C24H33N3O2S2. The van der Waals surface area contributed by atoms with Crippen molar-refractivity contribution in [3.8, 4) is 0 Å². The Hall–Kier alpha value is -1.34. The maximum Gasteiger partial charge on any atom is 0.263 e. The molecule has 0 bridgehead atoms. The monoisotopic (exact) mass is 459 g/mol. The number of fused-ring (bicyclic) bond motifs is 3. The normalized spacial score (nSPS) is 24.6. The minimum Gasteiger partial charge on any atom is -0.337 e. The van der Waals surface area contributed by atoms with Gasteiger partial charge in [0.1, 0.15) is 4.83 Å². The number of aromatic nitrogens is 2. The summed E-state index contributed by atoms with van der Waals surface area (Å²) in [7, 11) is 0. The van der Waals surface area contributed by atoms with E-state index in [-0.39, 0.29) is 17.5 Å². The Morgan fingerprint density at radius 3 is 2.48 bits per heavy atom. The van der Waals surface area contributed by atoms with Crippen LogP contribution in [-0.2, 0) is 17.6 Å². The van der Waals surface area contributed by atoms with Crippen LogP contribution in [0.2, 0.25) is 0 Å². The Kier molecular flexibility index (Phi) is 6.17. The van der Waals surface area contributed by atoms with Crippen molar-refractivity contribution >= 4 is 39.2 Å². The van der Waals surface area contributed by atoms with Crippen LogP contribution in [0.3, 0.4) is 0 Å². The van der Waals surface area contributed by atoms with Gasteiger partial charge in [-0.05, 0) is 77.2 Å². The maximum atomic E-state index is 13.7. The number of nitrogens with zero attached hydrogens (tertiary/aromatic N) is 3. The number of thioether (sulfide) groups is 1. The highest BCUT2D eigenvalue weighted by molar-refractivity contribution is 7.99. The molecule has 7 heteroatoms. The van der Waals surface area contributed by atoms with E-state index >= 15 is 0 Å². The highest BCUT2D eigenvalue weighted by Gasteiger charge is 2.31. The molecule has 2 unspecified atom stereocenters. The van der Waals surface area contributed by atoms with E-state index < -0.39 is 0 Å². The van der Waals surface area contributed by atoms with Crippen LogP contribution in [0.5, 0.6) is 0 Å². The first-order chi connectivity index (χ1) is 15.0. The average Bonchev–Trinajstić information content (AvgIpc) is 3.39. The third kappa shape index (κ3) is 3.97. The molecule has 1 saturated carbocycles. The van der Waals surface area contributed by atoms with Gasteiger partial charge in [0, 0.05) is 23.0 Å². The van der Waals surface area contributed by atoms with Crippen LogP contribution in [0.15, 0.2) is 9.95 Å². The number of amides is 1. The molecule has 3 aliphatic rings. The van der Waals surface area contributed by atoms with E-state index in [1.165, 1.54) is 54.3 Å². The fourth-order valence-electron chi connectivity index (χ4n) is 5.90. The van der Waals surface area contributed by atoms with Gasteiger partial charge in [-0.15, -0.1) is 11.3 Å². The van der Waals surface area contributed by atoms with E-state index in [9.17, 15) is 9.59 Å². The standard InChI is InChI=1S/C24H33N3O2S2/c1-15-8-7-9-16(2)26(15)20(28)14-30-24-25-22-21(18-12-5-6-13-19(18)31-22)23(29)27(24)17-10-3-4-11-17/h15-17H,3-14H2,1-2H3. The van der Waals surface area contributed by atoms with Gasteiger partial charge in [-0.25, -0.2) is 4.98 Å². The van der Waals surface area contributed by atoms with Crippen LogP contribution in [0.25, 0.3) is 10.2 Å². The summed E-state index contributed by atoms with van der Waals surface area (Å²) in [4.78, 5) is 36.2. The summed E-state index contributed by atoms with van der Waals surface area (Å²) in [6.07, 6.45) is 12.2. The number of hydrogen-bond donors (Lipinski definition) is 0. The molecule has 3 heterocycles. The number of aryl methyl sites for hydroxylation is 2. The third-order valence-electron chi connectivity index (χ3n) is 7.48. The molecule has 0 radical (unpaired) electrons. The molecule has 5 nitrogen and oxygen atoms in total. The summed E-state index contributed by atoms with van der Waals surface area (Å²) in [5.41, 5.74) is 1.41. The summed E-state index contributed by atoms with van der Waals surface area (Å²) in [5.74, 6) is 0.548. The lowest BCUT2D eigenvalue weighted by Gasteiger charge is -2.39. The molecular weight excluding hydrogens is 426 g/mol.